The molecule has 31 heavy (non-hydrogen) atoms. The van der Waals surface area contributed by atoms with Crippen molar-refractivity contribution in [1.29, 1.82) is 0 Å². The summed E-state index contributed by atoms with van der Waals surface area (Å²) in [6.45, 7) is 0.821. The minimum Gasteiger partial charge on any atom is -0.497 e. The van der Waals surface area contributed by atoms with Gasteiger partial charge in [-0.25, -0.2) is 4.98 Å². The van der Waals surface area contributed by atoms with Crippen molar-refractivity contribution in [2.24, 2.45) is 0 Å². The highest BCUT2D eigenvalue weighted by Gasteiger charge is 2.42. The number of anilines is 2. The van der Waals surface area contributed by atoms with E-state index in [1.54, 1.807) is 30.3 Å². The standard InChI is InChI=1S/C22H26F3N3O3/c1-30-16-9-10-17(18(14-16)27-12-6-3-7-13-27)21(29)28(20-8-4-5-11-26-20)15-19(31-2)22(23,24)25/h4-5,8-11,14,19H,3,6-7,12-13,15H2,1-2H3. The van der Waals surface area contributed by atoms with Crippen LogP contribution in [0.2, 0.25) is 0 Å². The first-order valence-electron chi connectivity index (χ1n) is 10.1. The number of nitrogens with zero attached hydrogens (tertiary/aromatic N) is 3. The quantitative estimate of drug-likeness (QED) is 0.646. The van der Waals surface area contributed by atoms with Crippen molar-refractivity contribution in [2.75, 3.05) is 43.7 Å². The predicted molar refractivity (Wildman–Crippen MR) is 112 cm³/mol. The monoisotopic (exact) mass is 437 g/mol. The number of carbonyl (C=O) groups is 1. The van der Waals surface area contributed by atoms with Crippen LogP contribution in [-0.4, -0.2) is 57.0 Å². The number of ether oxygens (including phenoxy) is 2. The van der Waals surface area contributed by atoms with Gasteiger partial charge in [-0.15, -0.1) is 0 Å². The summed E-state index contributed by atoms with van der Waals surface area (Å²) >= 11 is 0. The van der Waals surface area contributed by atoms with Crippen molar-refractivity contribution < 1.29 is 27.4 Å². The highest BCUT2D eigenvalue weighted by atomic mass is 19.4. The topological polar surface area (TPSA) is 54.9 Å². The number of alkyl halides is 3. The molecule has 2 heterocycles. The summed E-state index contributed by atoms with van der Waals surface area (Å²) in [5.41, 5.74) is 0.941. The number of methoxy groups -OCH3 is 2. The van der Waals surface area contributed by atoms with Gasteiger partial charge in [0.2, 0.25) is 0 Å². The molecular formula is C22H26F3N3O3. The smallest absolute Gasteiger partial charge is 0.416 e. The molecule has 1 saturated heterocycles. The number of hydrogen-bond donors (Lipinski definition) is 0. The molecule has 168 valence electrons. The second-order valence-corrected chi connectivity index (χ2v) is 7.30. The molecule has 1 aromatic carbocycles. The molecule has 9 heteroatoms. The van der Waals surface area contributed by atoms with Crippen LogP contribution in [0, 0.1) is 0 Å². The molecule has 1 aliphatic rings. The van der Waals surface area contributed by atoms with E-state index in [1.807, 2.05) is 0 Å². The number of benzene rings is 1. The van der Waals surface area contributed by atoms with E-state index in [9.17, 15) is 18.0 Å². The van der Waals surface area contributed by atoms with Crippen LogP contribution >= 0.6 is 0 Å². The lowest BCUT2D eigenvalue weighted by Gasteiger charge is -2.32. The first-order chi connectivity index (χ1) is 14.8. The van der Waals surface area contributed by atoms with Crippen LogP contribution in [0.1, 0.15) is 29.6 Å². The molecule has 0 spiro atoms. The van der Waals surface area contributed by atoms with Crippen LogP contribution < -0.4 is 14.5 Å². The molecule has 1 aromatic heterocycles. The van der Waals surface area contributed by atoms with Crippen LogP contribution in [-0.2, 0) is 4.74 Å². The molecule has 1 atom stereocenters. The molecular weight excluding hydrogens is 411 g/mol. The number of carbonyl (C=O) groups excluding carboxylic acids is 1. The van der Waals surface area contributed by atoms with Gasteiger partial charge in [-0.2, -0.15) is 13.2 Å². The van der Waals surface area contributed by atoms with Gasteiger partial charge in [-0.1, -0.05) is 6.07 Å². The zero-order valence-corrected chi connectivity index (χ0v) is 17.6. The average molecular weight is 437 g/mol. The minimum atomic E-state index is -4.63. The van der Waals surface area contributed by atoms with E-state index < -0.39 is 24.7 Å². The molecule has 3 rings (SSSR count). The maximum absolute atomic E-state index is 13.6. The first-order valence-corrected chi connectivity index (χ1v) is 10.1. The van der Waals surface area contributed by atoms with Crippen LogP contribution in [0.15, 0.2) is 42.6 Å². The molecule has 1 aliphatic heterocycles. The maximum atomic E-state index is 13.6. The maximum Gasteiger partial charge on any atom is 0.416 e. The molecule has 2 aromatic rings. The largest absolute Gasteiger partial charge is 0.497 e. The van der Waals surface area contributed by atoms with Crippen LogP contribution in [0.25, 0.3) is 0 Å². The number of rotatable bonds is 7. The zero-order chi connectivity index (χ0) is 22.4. The summed E-state index contributed by atoms with van der Waals surface area (Å²) in [4.78, 5) is 20.8. The van der Waals surface area contributed by atoms with Crippen LogP contribution in [0.3, 0.4) is 0 Å². The molecule has 1 unspecified atom stereocenters. The van der Waals surface area contributed by atoms with E-state index in [2.05, 4.69) is 14.6 Å². The second kappa shape index (κ2) is 10.00. The molecule has 0 N–H and O–H groups in total. The average Bonchev–Trinajstić information content (AvgIpc) is 2.79. The summed E-state index contributed by atoms with van der Waals surface area (Å²) in [7, 11) is 2.51. The summed E-state index contributed by atoms with van der Waals surface area (Å²) < 4.78 is 50.2. The van der Waals surface area contributed by atoms with Gasteiger partial charge in [0.1, 0.15) is 11.6 Å². The van der Waals surface area contributed by atoms with Crippen molar-refractivity contribution >= 4 is 17.4 Å². The third-order valence-corrected chi connectivity index (χ3v) is 5.30. The number of aromatic nitrogens is 1. The molecule has 6 nitrogen and oxygen atoms in total. The Labute approximate surface area is 179 Å². The Bertz CT molecular complexity index is 871. The molecule has 0 aliphatic carbocycles. The molecule has 0 radical (unpaired) electrons. The van der Waals surface area contributed by atoms with Gasteiger partial charge >= 0.3 is 6.18 Å². The van der Waals surface area contributed by atoms with Crippen molar-refractivity contribution in [3.8, 4) is 5.75 Å². The number of hydrogen-bond acceptors (Lipinski definition) is 5. The molecule has 0 bridgehead atoms. The first kappa shape index (κ1) is 22.9. The van der Waals surface area contributed by atoms with Gasteiger partial charge in [0, 0.05) is 32.5 Å². The van der Waals surface area contributed by atoms with Gasteiger partial charge in [0.05, 0.1) is 24.9 Å². The van der Waals surface area contributed by atoms with Gasteiger partial charge < -0.3 is 14.4 Å². The van der Waals surface area contributed by atoms with E-state index in [0.717, 1.165) is 44.4 Å². The van der Waals surface area contributed by atoms with Crippen LogP contribution in [0.4, 0.5) is 24.7 Å². The molecule has 1 fully saturated rings. The van der Waals surface area contributed by atoms with Crippen molar-refractivity contribution in [1.82, 2.24) is 4.98 Å². The minimum absolute atomic E-state index is 0.124. The lowest BCUT2D eigenvalue weighted by Crippen LogP contribution is -2.45. The van der Waals surface area contributed by atoms with Crippen molar-refractivity contribution in [3.63, 3.8) is 0 Å². The summed E-state index contributed by atoms with van der Waals surface area (Å²) in [6.07, 6.45) is -2.27. The van der Waals surface area contributed by atoms with Crippen molar-refractivity contribution in [3.05, 3.63) is 48.2 Å². The Morgan fingerprint density at radius 2 is 1.90 bits per heavy atom. The van der Waals surface area contributed by atoms with Gasteiger partial charge in [0.15, 0.2) is 6.10 Å². The summed E-state index contributed by atoms with van der Waals surface area (Å²) in [5.74, 6) is 0.124. The van der Waals surface area contributed by atoms with Gasteiger partial charge in [0.25, 0.3) is 5.91 Å². The highest BCUT2D eigenvalue weighted by molar-refractivity contribution is 6.09. The van der Waals surface area contributed by atoms with Gasteiger partial charge in [-0.05, 0) is 43.5 Å². The Hall–Kier alpha value is -2.81. The van der Waals surface area contributed by atoms with Crippen molar-refractivity contribution in [2.45, 2.75) is 31.5 Å². The number of halogens is 3. The van der Waals surface area contributed by atoms with E-state index in [-0.39, 0.29) is 5.82 Å². The second-order valence-electron chi connectivity index (χ2n) is 7.30. The third-order valence-electron chi connectivity index (χ3n) is 5.30. The van der Waals surface area contributed by atoms with Gasteiger partial charge in [-0.3, -0.25) is 9.69 Å². The Morgan fingerprint density at radius 1 is 1.16 bits per heavy atom. The number of amides is 1. The Morgan fingerprint density at radius 3 is 2.48 bits per heavy atom. The van der Waals surface area contributed by atoms with E-state index >= 15 is 0 Å². The highest BCUT2D eigenvalue weighted by Crippen LogP contribution is 2.32. The van der Waals surface area contributed by atoms with E-state index in [4.69, 9.17) is 4.74 Å². The predicted octanol–water partition coefficient (Wildman–Crippen LogP) is 4.30. The van der Waals surface area contributed by atoms with E-state index in [1.165, 1.54) is 19.4 Å². The fourth-order valence-electron chi connectivity index (χ4n) is 3.63. The van der Waals surface area contributed by atoms with Crippen LogP contribution in [0.5, 0.6) is 5.75 Å². The number of pyridine rings is 1. The normalized spacial score (nSPS) is 15.5. The fraction of sp³-hybridized carbons (Fsp3) is 0.455. The SMILES string of the molecule is COc1ccc(C(=O)N(CC(OC)C(F)(F)F)c2ccccn2)c(N2CCCCC2)c1. The third kappa shape index (κ3) is 5.46. The summed E-state index contributed by atoms with van der Waals surface area (Å²) in [5, 5.41) is 0. The summed E-state index contributed by atoms with van der Waals surface area (Å²) in [6, 6.07) is 9.75. The lowest BCUT2D eigenvalue weighted by atomic mass is 10.1. The fourth-order valence-corrected chi connectivity index (χ4v) is 3.63. The Balaban J connectivity index is 2.03. The van der Waals surface area contributed by atoms with E-state index in [0.29, 0.717) is 17.0 Å². The lowest BCUT2D eigenvalue weighted by molar-refractivity contribution is -0.208. The number of piperidine rings is 1. The Kier molecular flexibility index (Phi) is 7.37. The molecule has 0 saturated carbocycles. The zero-order valence-electron chi connectivity index (χ0n) is 17.6. The molecule has 1 amide bonds.